The third-order valence-corrected chi connectivity index (χ3v) is 3.07. The lowest BCUT2D eigenvalue weighted by molar-refractivity contribution is -0.119. The van der Waals surface area contributed by atoms with E-state index >= 15 is 0 Å². The smallest absolute Gasteiger partial charge is 0.250 e. The molecule has 0 radical (unpaired) electrons. The molecule has 0 saturated heterocycles. The van der Waals surface area contributed by atoms with Crippen LogP contribution in [0.1, 0.15) is 18.7 Å². The Morgan fingerprint density at radius 1 is 1.56 bits per heavy atom. The van der Waals surface area contributed by atoms with Crippen molar-refractivity contribution in [2.75, 3.05) is 5.32 Å². The predicted octanol–water partition coefficient (Wildman–Crippen LogP) is 1.78. The van der Waals surface area contributed by atoms with Crippen molar-refractivity contribution >= 4 is 23.3 Å². The van der Waals surface area contributed by atoms with Gasteiger partial charge in [0.1, 0.15) is 6.04 Å². The summed E-state index contributed by atoms with van der Waals surface area (Å²) in [6, 6.07) is 1.28. The molecule has 2 aromatic rings. The van der Waals surface area contributed by atoms with Gasteiger partial charge >= 0.3 is 0 Å². The topological polar surface area (TPSA) is 64.7 Å². The van der Waals surface area contributed by atoms with Crippen molar-refractivity contribution in [3.63, 3.8) is 0 Å². The lowest BCUT2D eigenvalue weighted by Gasteiger charge is -2.13. The second-order valence-corrected chi connectivity index (χ2v) is 4.47. The Morgan fingerprint density at radius 3 is 2.78 bits per heavy atom. The van der Waals surface area contributed by atoms with Crippen molar-refractivity contribution in [3.05, 3.63) is 29.2 Å². The normalized spacial score (nSPS) is 12.4. The van der Waals surface area contributed by atoms with E-state index in [1.807, 2.05) is 6.92 Å². The van der Waals surface area contributed by atoms with Gasteiger partial charge in [0.15, 0.2) is 5.82 Å². The standard InChI is InChI=1S/C11H14ClN5O/c1-7-9(12)6-13-17(7)8(2)11(18)14-10-4-5-16(3)15-10/h4-6,8H,1-3H3,(H,14,15,18). The summed E-state index contributed by atoms with van der Waals surface area (Å²) in [7, 11) is 1.79. The molecule has 0 bridgehead atoms. The Labute approximate surface area is 110 Å². The molecule has 2 heterocycles. The predicted molar refractivity (Wildman–Crippen MR) is 68.5 cm³/mol. The maximum atomic E-state index is 12.0. The van der Waals surface area contributed by atoms with Gasteiger partial charge in [-0.25, -0.2) is 0 Å². The highest BCUT2D eigenvalue weighted by atomic mass is 35.5. The van der Waals surface area contributed by atoms with Gasteiger partial charge in [0, 0.05) is 19.3 Å². The molecule has 0 aliphatic carbocycles. The zero-order valence-electron chi connectivity index (χ0n) is 10.4. The van der Waals surface area contributed by atoms with Crippen LogP contribution < -0.4 is 5.32 Å². The molecule has 1 N–H and O–H groups in total. The third-order valence-electron chi connectivity index (χ3n) is 2.70. The maximum absolute atomic E-state index is 12.0. The molecule has 18 heavy (non-hydrogen) atoms. The summed E-state index contributed by atoms with van der Waals surface area (Å²) in [5.74, 6) is 0.335. The monoisotopic (exact) mass is 267 g/mol. The van der Waals surface area contributed by atoms with Gasteiger partial charge in [-0.05, 0) is 13.8 Å². The highest BCUT2D eigenvalue weighted by Gasteiger charge is 2.19. The van der Waals surface area contributed by atoms with Crippen LogP contribution in [0.15, 0.2) is 18.5 Å². The zero-order chi connectivity index (χ0) is 13.3. The summed E-state index contributed by atoms with van der Waals surface area (Å²) in [4.78, 5) is 12.0. The number of halogens is 1. The minimum atomic E-state index is -0.445. The number of nitrogens with one attached hydrogen (secondary N) is 1. The first-order valence-electron chi connectivity index (χ1n) is 5.49. The highest BCUT2D eigenvalue weighted by molar-refractivity contribution is 6.31. The zero-order valence-corrected chi connectivity index (χ0v) is 11.1. The highest BCUT2D eigenvalue weighted by Crippen LogP contribution is 2.18. The molecular formula is C11H14ClN5O. The van der Waals surface area contributed by atoms with Crippen molar-refractivity contribution in [2.24, 2.45) is 7.05 Å². The Hall–Kier alpha value is -1.82. The Bertz CT molecular complexity index is 574. The van der Waals surface area contributed by atoms with Crippen LogP contribution in [0, 0.1) is 6.92 Å². The molecule has 0 aliphatic heterocycles. The molecular weight excluding hydrogens is 254 g/mol. The average Bonchev–Trinajstić information content (AvgIpc) is 2.87. The molecule has 2 rings (SSSR count). The molecule has 1 amide bonds. The van der Waals surface area contributed by atoms with Gasteiger partial charge in [0.05, 0.1) is 16.9 Å². The Balaban J connectivity index is 2.12. The van der Waals surface area contributed by atoms with Crippen LogP contribution in [0.5, 0.6) is 0 Å². The molecule has 0 aromatic carbocycles. The number of amides is 1. The summed E-state index contributed by atoms with van der Waals surface area (Å²) < 4.78 is 3.21. The van der Waals surface area contributed by atoms with Crippen molar-refractivity contribution in [3.8, 4) is 0 Å². The quantitative estimate of drug-likeness (QED) is 0.922. The lowest BCUT2D eigenvalue weighted by atomic mass is 10.3. The van der Waals surface area contributed by atoms with Crippen LogP contribution in [-0.2, 0) is 11.8 Å². The largest absolute Gasteiger partial charge is 0.307 e. The molecule has 1 atom stereocenters. The minimum Gasteiger partial charge on any atom is -0.307 e. The van der Waals surface area contributed by atoms with E-state index in [1.165, 1.54) is 6.20 Å². The van der Waals surface area contributed by atoms with Gasteiger partial charge < -0.3 is 5.32 Å². The first-order valence-corrected chi connectivity index (χ1v) is 5.87. The molecule has 96 valence electrons. The van der Waals surface area contributed by atoms with Gasteiger partial charge in [-0.15, -0.1) is 0 Å². The summed E-state index contributed by atoms with van der Waals surface area (Å²) in [5.41, 5.74) is 0.764. The van der Waals surface area contributed by atoms with Crippen LogP contribution in [0.3, 0.4) is 0 Å². The van der Waals surface area contributed by atoms with Gasteiger partial charge in [-0.2, -0.15) is 10.2 Å². The van der Waals surface area contributed by atoms with E-state index in [0.29, 0.717) is 10.8 Å². The number of carbonyl (C=O) groups excluding carboxylic acids is 1. The number of aryl methyl sites for hydroxylation is 1. The Morgan fingerprint density at radius 2 is 2.28 bits per heavy atom. The minimum absolute atomic E-state index is 0.184. The van der Waals surface area contributed by atoms with Crippen LogP contribution in [0.25, 0.3) is 0 Å². The summed E-state index contributed by atoms with van der Waals surface area (Å²) in [5, 5.41) is 11.4. The molecule has 7 heteroatoms. The molecule has 2 aromatic heterocycles. The van der Waals surface area contributed by atoms with Crippen LogP contribution in [0.2, 0.25) is 5.02 Å². The number of anilines is 1. The Kier molecular flexibility index (Phi) is 3.38. The molecule has 0 saturated carbocycles. The SMILES string of the molecule is Cc1c(Cl)cnn1C(C)C(=O)Nc1ccn(C)n1. The second kappa shape index (κ2) is 4.81. The number of hydrogen-bond donors (Lipinski definition) is 1. The van der Waals surface area contributed by atoms with Crippen molar-refractivity contribution in [1.82, 2.24) is 19.6 Å². The molecule has 1 unspecified atom stereocenters. The number of nitrogens with zero attached hydrogens (tertiary/aromatic N) is 4. The number of aromatic nitrogens is 4. The second-order valence-electron chi connectivity index (χ2n) is 4.06. The first kappa shape index (κ1) is 12.6. The lowest BCUT2D eigenvalue weighted by Crippen LogP contribution is -2.25. The van der Waals surface area contributed by atoms with Crippen molar-refractivity contribution in [2.45, 2.75) is 19.9 Å². The maximum Gasteiger partial charge on any atom is 0.250 e. The van der Waals surface area contributed by atoms with Gasteiger partial charge in [0.25, 0.3) is 0 Å². The van der Waals surface area contributed by atoms with Crippen LogP contribution >= 0.6 is 11.6 Å². The fourth-order valence-corrected chi connectivity index (χ4v) is 1.75. The fourth-order valence-electron chi connectivity index (χ4n) is 1.62. The van der Waals surface area contributed by atoms with Crippen molar-refractivity contribution in [1.29, 1.82) is 0 Å². The summed E-state index contributed by atoms with van der Waals surface area (Å²) >= 11 is 5.91. The fraction of sp³-hybridized carbons (Fsp3) is 0.364. The van der Waals surface area contributed by atoms with E-state index < -0.39 is 6.04 Å². The molecule has 0 spiro atoms. The van der Waals surface area contributed by atoms with Gasteiger partial charge in [-0.3, -0.25) is 14.2 Å². The van der Waals surface area contributed by atoms with E-state index in [0.717, 1.165) is 5.69 Å². The molecule has 6 nitrogen and oxygen atoms in total. The van der Waals surface area contributed by atoms with E-state index in [-0.39, 0.29) is 5.91 Å². The summed E-state index contributed by atoms with van der Waals surface area (Å²) in [6.07, 6.45) is 3.29. The number of rotatable bonds is 3. The first-order chi connectivity index (χ1) is 8.49. The number of carbonyl (C=O) groups is 1. The van der Waals surface area contributed by atoms with Gasteiger partial charge in [-0.1, -0.05) is 11.6 Å². The van der Waals surface area contributed by atoms with E-state index in [9.17, 15) is 4.79 Å². The third kappa shape index (κ3) is 2.38. The average molecular weight is 268 g/mol. The van der Waals surface area contributed by atoms with Gasteiger partial charge in [0.2, 0.25) is 5.91 Å². The van der Waals surface area contributed by atoms with Crippen LogP contribution in [0.4, 0.5) is 5.82 Å². The van der Waals surface area contributed by atoms with E-state index in [2.05, 4.69) is 15.5 Å². The van der Waals surface area contributed by atoms with Crippen molar-refractivity contribution < 1.29 is 4.79 Å². The van der Waals surface area contributed by atoms with Crippen LogP contribution in [-0.4, -0.2) is 25.5 Å². The summed E-state index contributed by atoms with van der Waals surface area (Å²) in [6.45, 7) is 3.58. The molecule has 0 aliphatic rings. The number of hydrogen-bond acceptors (Lipinski definition) is 3. The molecule has 0 fully saturated rings. The van der Waals surface area contributed by atoms with E-state index in [4.69, 9.17) is 11.6 Å². The van der Waals surface area contributed by atoms with E-state index in [1.54, 1.807) is 35.6 Å².